The fourth-order valence-electron chi connectivity index (χ4n) is 2.45. The van der Waals surface area contributed by atoms with Crippen LogP contribution in [0.25, 0.3) is 16.3 Å². The van der Waals surface area contributed by atoms with Crippen LogP contribution in [-0.2, 0) is 6.61 Å². The van der Waals surface area contributed by atoms with Crippen molar-refractivity contribution in [2.24, 2.45) is 0 Å². The van der Waals surface area contributed by atoms with Crippen molar-refractivity contribution in [1.82, 2.24) is 0 Å². The molecule has 2 aromatic carbocycles. The molecule has 0 atom stereocenters. The van der Waals surface area contributed by atoms with Crippen molar-refractivity contribution in [2.75, 3.05) is 0 Å². The fourth-order valence-corrected chi connectivity index (χ4v) is 2.45. The Morgan fingerprint density at radius 1 is 1.06 bits per heavy atom. The van der Waals surface area contributed by atoms with Crippen LogP contribution < -0.4 is 0 Å². The fraction of sp³-hybridized carbons (Fsp3) is 0.125. The molecule has 0 unspecified atom stereocenters. The molecule has 1 heteroatoms. The van der Waals surface area contributed by atoms with E-state index in [1.165, 1.54) is 16.5 Å². The van der Waals surface area contributed by atoms with Gasteiger partial charge >= 0.3 is 0 Å². The third kappa shape index (κ3) is 1.69. The molecule has 0 aliphatic heterocycles. The van der Waals surface area contributed by atoms with Gasteiger partial charge in [0.05, 0.1) is 6.61 Å². The number of aliphatic hydroxyl groups is 1. The molecule has 0 aromatic heterocycles. The van der Waals surface area contributed by atoms with Crippen LogP contribution in [0.3, 0.4) is 0 Å². The van der Waals surface area contributed by atoms with E-state index in [4.69, 9.17) is 0 Å². The van der Waals surface area contributed by atoms with Gasteiger partial charge in [-0.05, 0) is 33.9 Å². The van der Waals surface area contributed by atoms with Crippen LogP contribution in [0.2, 0.25) is 0 Å². The average molecular weight is 222 g/mol. The first-order chi connectivity index (χ1) is 8.40. The molecular weight excluding hydrogens is 208 g/mol. The topological polar surface area (TPSA) is 20.2 Å². The summed E-state index contributed by atoms with van der Waals surface area (Å²) >= 11 is 0. The Bertz CT molecular complexity index is 620. The largest absolute Gasteiger partial charge is 0.392 e. The number of fused-ring (bicyclic) bond motifs is 1. The van der Waals surface area contributed by atoms with E-state index in [0.29, 0.717) is 0 Å². The van der Waals surface area contributed by atoms with Gasteiger partial charge in [-0.2, -0.15) is 0 Å². The maximum Gasteiger partial charge on any atom is 0.0693 e. The lowest BCUT2D eigenvalue weighted by Gasteiger charge is -2.12. The van der Waals surface area contributed by atoms with Crippen LogP contribution in [0.1, 0.15) is 17.5 Å². The first kappa shape index (κ1) is 10.3. The van der Waals surface area contributed by atoms with E-state index in [1.807, 2.05) is 12.1 Å². The summed E-state index contributed by atoms with van der Waals surface area (Å²) in [6, 6.07) is 12.5. The Balaban J connectivity index is 2.25. The highest BCUT2D eigenvalue weighted by atomic mass is 16.3. The predicted molar refractivity (Wildman–Crippen MR) is 71.6 cm³/mol. The van der Waals surface area contributed by atoms with E-state index in [-0.39, 0.29) is 6.61 Å². The monoisotopic (exact) mass is 222 g/mol. The van der Waals surface area contributed by atoms with Gasteiger partial charge in [-0.25, -0.2) is 0 Å². The molecular formula is C16H14O. The van der Waals surface area contributed by atoms with Crippen molar-refractivity contribution in [2.45, 2.75) is 13.0 Å². The van der Waals surface area contributed by atoms with E-state index in [1.54, 1.807) is 0 Å². The van der Waals surface area contributed by atoms with Gasteiger partial charge in [0, 0.05) is 0 Å². The number of rotatable bonds is 2. The lowest BCUT2D eigenvalue weighted by atomic mass is 9.94. The van der Waals surface area contributed by atoms with Crippen LogP contribution >= 0.6 is 0 Å². The second kappa shape index (κ2) is 4.19. The highest BCUT2D eigenvalue weighted by Gasteiger charge is 2.11. The first-order valence-electron chi connectivity index (χ1n) is 5.87. The molecule has 1 aliphatic rings. The van der Waals surface area contributed by atoms with E-state index in [9.17, 15) is 5.11 Å². The van der Waals surface area contributed by atoms with Crippen LogP contribution in [0.15, 0.2) is 54.6 Å². The lowest BCUT2D eigenvalue weighted by Crippen LogP contribution is -1.94. The number of aliphatic hydroxyl groups excluding tert-OH is 1. The summed E-state index contributed by atoms with van der Waals surface area (Å²) in [5.74, 6) is 0. The van der Waals surface area contributed by atoms with Crippen molar-refractivity contribution in [1.29, 1.82) is 0 Å². The smallest absolute Gasteiger partial charge is 0.0693 e. The first-order valence-corrected chi connectivity index (χ1v) is 5.87. The second-order valence-electron chi connectivity index (χ2n) is 4.30. The van der Waals surface area contributed by atoms with Gasteiger partial charge in [-0.3, -0.25) is 0 Å². The molecule has 1 nitrogen and oxygen atoms in total. The highest BCUT2D eigenvalue weighted by molar-refractivity contribution is 5.91. The minimum absolute atomic E-state index is 0.0913. The molecule has 17 heavy (non-hydrogen) atoms. The second-order valence-corrected chi connectivity index (χ2v) is 4.30. The van der Waals surface area contributed by atoms with Gasteiger partial charge in [0.1, 0.15) is 0 Å². The summed E-state index contributed by atoms with van der Waals surface area (Å²) in [7, 11) is 0. The highest BCUT2D eigenvalue weighted by Crippen LogP contribution is 2.31. The van der Waals surface area contributed by atoms with Crippen LogP contribution in [-0.4, -0.2) is 5.11 Å². The summed E-state index contributed by atoms with van der Waals surface area (Å²) in [6.45, 7) is 0.0913. The normalized spacial score (nSPS) is 14.3. The number of allylic oxidation sites excluding steroid dienone is 4. The molecule has 0 heterocycles. The van der Waals surface area contributed by atoms with E-state index < -0.39 is 0 Å². The van der Waals surface area contributed by atoms with Crippen molar-refractivity contribution < 1.29 is 5.11 Å². The summed E-state index contributed by atoms with van der Waals surface area (Å²) in [6.07, 6.45) is 7.31. The molecule has 0 radical (unpaired) electrons. The van der Waals surface area contributed by atoms with Crippen molar-refractivity contribution in [3.8, 4) is 0 Å². The molecule has 1 aliphatic carbocycles. The van der Waals surface area contributed by atoms with Gasteiger partial charge in [0.25, 0.3) is 0 Å². The Kier molecular flexibility index (Phi) is 2.54. The molecule has 0 spiro atoms. The molecule has 1 N–H and O–H groups in total. The maximum absolute atomic E-state index is 9.63. The maximum atomic E-state index is 9.63. The minimum Gasteiger partial charge on any atom is -0.392 e. The van der Waals surface area contributed by atoms with E-state index >= 15 is 0 Å². The molecule has 3 rings (SSSR count). The molecule has 0 fully saturated rings. The third-order valence-electron chi connectivity index (χ3n) is 3.32. The molecule has 0 bridgehead atoms. The Morgan fingerprint density at radius 3 is 2.71 bits per heavy atom. The summed E-state index contributed by atoms with van der Waals surface area (Å²) in [4.78, 5) is 0. The average Bonchev–Trinajstić information content (AvgIpc) is 2.91. The lowest BCUT2D eigenvalue weighted by molar-refractivity contribution is 0.283. The Hall–Kier alpha value is -1.86. The third-order valence-corrected chi connectivity index (χ3v) is 3.32. The van der Waals surface area contributed by atoms with E-state index in [2.05, 4.69) is 42.5 Å². The molecule has 0 amide bonds. The Morgan fingerprint density at radius 2 is 1.94 bits per heavy atom. The SMILES string of the molecule is OCc1c(C2=CC=CC2)ccc2ccccc12. The molecule has 0 saturated carbocycles. The summed E-state index contributed by atoms with van der Waals surface area (Å²) in [5.41, 5.74) is 3.51. The zero-order chi connectivity index (χ0) is 11.7. The van der Waals surface area contributed by atoms with Crippen molar-refractivity contribution in [3.05, 3.63) is 65.8 Å². The summed E-state index contributed by atoms with van der Waals surface area (Å²) in [5, 5.41) is 12.0. The minimum atomic E-state index is 0.0913. The quantitative estimate of drug-likeness (QED) is 0.821. The standard InChI is InChI=1S/C16H14O/c17-11-16-14-8-4-3-7-13(14)9-10-15(16)12-5-1-2-6-12/h1-5,7-10,17H,6,11H2. The molecule has 2 aromatic rings. The predicted octanol–water partition coefficient (Wildman–Crippen LogP) is 3.68. The van der Waals surface area contributed by atoms with Crippen LogP contribution in [0.5, 0.6) is 0 Å². The van der Waals surface area contributed by atoms with Gasteiger partial charge in [0.15, 0.2) is 0 Å². The number of benzene rings is 2. The van der Waals surface area contributed by atoms with Crippen LogP contribution in [0.4, 0.5) is 0 Å². The van der Waals surface area contributed by atoms with Gasteiger partial charge in [-0.1, -0.05) is 54.6 Å². The van der Waals surface area contributed by atoms with Gasteiger partial charge < -0.3 is 5.11 Å². The number of hydrogen-bond donors (Lipinski definition) is 1. The Labute approximate surface area is 101 Å². The summed E-state index contributed by atoms with van der Waals surface area (Å²) < 4.78 is 0. The number of hydrogen-bond acceptors (Lipinski definition) is 1. The molecule has 0 saturated heterocycles. The van der Waals surface area contributed by atoms with Crippen molar-refractivity contribution in [3.63, 3.8) is 0 Å². The van der Waals surface area contributed by atoms with Crippen LogP contribution in [0, 0.1) is 0 Å². The molecule has 84 valence electrons. The van der Waals surface area contributed by atoms with Crippen molar-refractivity contribution >= 4 is 16.3 Å². The van der Waals surface area contributed by atoms with Gasteiger partial charge in [0.2, 0.25) is 0 Å². The van der Waals surface area contributed by atoms with Gasteiger partial charge in [-0.15, -0.1) is 0 Å². The zero-order valence-electron chi connectivity index (χ0n) is 9.56. The van der Waals surface area contributed by atoms with E-state index in [0.717, 1.165) is 17.4 Å². The zero-order valence-corrected chi connectivity index (χ0v) is 9.56.